The maximum atomic E-state index is 12.7. The van der Waals surface area contributed by atoms with Gasteiger partial charge in [-0.25, -0.2) is 0 Å². The van der Waals surface area contributed by atoms with Crippen LogP contribution in [0, 0.1) is 0 Å². The van der Waals surface area contributed by atoms with Crippen LogP contribution in [0.15, 0.2) is 78.9 Å². The van der Waals surface area contributed by atoms with E-state index in [1.54, 1.807) is 0 Å². The van der Waals surface area contributed by atoms with Gasteiger partial charge in [-0.15, -0.1) is 0 Å². The molecular weight excluding hydrogens is 432 g/mol. The van der Waals surface area contributed by atoms with Crippen LogP contribution in [-0.4, -0.2) is 50.1 Å². The molecule has 170 valence electrons. The summed E-state index contributed by atoms with van der Waals surface area (Å²) in [5, 5.41) is 4.03. The van der Waals surface area contributed by atoms with Crippen molar-refractivity contribution in [2.24, 2.45) is 0 Å². The number of nitrogens with one attached hydrogen (secondary N) is 1. The first-order valence-corrected chi connectivity index (χ1v) is 12.0. The summed E-state index contributed by atoms with van der Waals surface area (Å²) in [6.45, 7) is 5.94. The summed E-state index contributed by atoms with van der Waals surface area (Å²) in [5.41, 5.74) is 4.00. The summed E-state index contributed by atoms with van der Waals surface area (Å²) in [6, 6.07) is 26.2. The summed E-state index contributed by atoms with van der Waals surface area (Å²) in [6.07, 6.45) is 0.880. The van der Waals surface area contributed by atoms with E-state index in [0.29, 0.717) is 0 Å². The highest BCUT2D eigenvalue weighted by Gasteiger charge is 2.31. The highest BCUT2D eigenvalue weighted by atomic mass is 35.5. The number of benzene rings is 3. The standard InChI is InChI=1S/C27H29ClN4O/c28-23-12-5-7-14-25(23)31-19-17-30(18-20-31)15-8-16-32-24-13-6-4-11-22(24)27(33)29-26(32)21-9-2-1-3-10-21/h1-7,9-14,26H,8,15-20H2,(H,29,33). The van der Waals surface area contributed by atoms with E-state index in [9.17, 15) is 4.79 Å². The highest BCUT2D eigenvalue weighted by molar-refractivity contribution is 6.33. The molecular formula is C27H29ClN4O. The zero-order chi connectivity index (χ0) is 22.6. The van der Waals surface area contributed by atoms with Gasteiger partial charge < -0.3 is 15.1 Å². The predicted octanol–water partition coefficient (Wildman–Crippen LogP) is 4.80. The van der Waals surface area contributed by atoms with Crippen molar-refractivity contribution in [3.63, 3.8) is 0 Å². The molecule has 3 aromatic carbocycles. The first-order valence-electron chi connectivity index (χ1n) is 11.6. The quantitative estimate of drug-likeness (QED) is 0.573. The number of halogens is 1. The molecule has 0 bridgehead atoms. The van der Waals surface area contributed by atoms with E-state index in [-0.39, 0.29) is 12.1 Å². The third-order valence-electron chi connectivity index (χ3n) is 6.59. The lowest BCUT2D eigenvalue weighted by atomic mass is 10.0. The Bertz CT molecular complexity index is 1100. The topological polar surface area (TPSA) is 38.8 Å². The van der Waals surface area contributed by atoms with Crippen LogP contribution in [0.5, 0.6) is 0 Å². The highest BCUT2D eigenvalue weighted by Crippen LogP contribution is 2.33. The van der Waals surface area contributed by atoms with E-state index in [4.69, 9.17) is 11.6 Å². The van der Waals surface area contributed by atoms with Gasteiger partial charge in [-0.2, -0.15) is 0 Å². The van der Waals surface area contributed by atoms with Crippen molar-refractivity contribution >= 4 is 28.9 Å². The fourth-order valence-electron chi connectivity index (χ4n) is 4.87. The number of rotatable bonds is 6. The molecule has 1 saturated heterocycles. The van der Waals surface area contributed by atoms with Gasteiger partial charge in [0.2, 0.25) is 0 Å². The van der Waals surface area contributed by atoms with Crippen molar-refractivity contribution in [1.82, 2.24) is 10.2 Å². The van der Waals surface area contributed by atoms with Gasteiger partial charge in [-0.3, -0.25) is 9.69 Å². The molecule has 33 heavy (non-hydrogen) atoms. The normalized spacial score (nSPS) is 18.7. The average Bonchev–Trinajstić information content (AvgIpc) is 2.87. The smallest absolute Gasteiger partial charge is 0.255 e. The molecule has 1 fully saturated rings. The van der Waals surface area contributed by atoms with Gasteiger partial charge in [-0.05, 0) is 42.8 Å². The fraction of sp³-hybridized carbons (Fsp3) is 0.296. The number of para-hydroxylation sites is 2. The van der Waals surface area contributed by atoms with Gasteiger partial charge in [0.15, 0.2) is 0 Å². The third-order valence-corrected chi connectivity index (χ3v) is 6.91. The number of hydrogen-bond acceptors (Lipinski definition) is 4. The lowest BCUT2D eigenvalue weighted by Gasteiger charge is -2.40. The van der Waals surface area contributed by atoms with E-state index in [1.807, 2.05) is 54.6 Å². The molecule has 3 aromatic rings. The van der Waals surface area contributed by atoms with Crippen LogP contribution in [0.2, 0.25) is 5.02 Å². The molecule has 2 aliphatic heterocycles. The van der Waals surface area contributed by atoms with Crippen LogP contribution in [-0.2, 0) is 0 Å². The minimum atomic E-state index is -0.148. The number of piperazine rings is 1. The van der Waals surface area contributed by atoms with Crippen LogP contribution in [0.4, 0.5) is 11.4 Å². The van der Waals surface area contributed by atoms with E-state index < -0.39 is 0 Å². The van der Waals surface area contributed by atoms with Crippen molar-refractivity contribution in [2.75, 3.05) is 49.1 Å². The van der Waals surface area contributed by atoms with Crippen molar-refractivity contribution in [2.45, 2.75) is 12.6 Å². The summed E-state index contributed by atoms with van der Waals surface area (Å²) in [7, 11) is 0. The Balaban J connectivity index is 1.23. The molecule has 2 aliphatic rings. The molecule has 5 nitrogen and oxygen atoms in total. The van der Waals surface area contributed by atoms with Crippen LogP contribution < -0.4 is 15.1 Å². The predicted molar refractivity (Wildman–Crippen MR) is 135 cm³/mol. The second-order valence-electron chi connectivity index (χ2n) is 8.63. The van der Waals surface area contributed by atoms with E-state index in [1.165, 1.54) is 0 Å². The number of amides is 1. The largest absolute Gasteiger partial charge is 0.368 e. The summed E-state index contributed by atoms with van der Waals surface area (Å²) in [5.74, 6) is -0.00797. The minimum absolute atomic E-state index is 0.00797. The number of fused-ring (bicyclic) bond motifs is 1. The number of hydrogen-bond donors (Lipinski definition) is 1. The molecule has 2 heterocycles. The molecule has 0 spiro atoms. The van der Waals surface area contributed by atoms with Gasteiger partial charge >= 0.3 is 0 Å². The number of anilines is 2. The molecule has 0 aromatic heterocycles. The Hall–Kier alpha value is -3.02. The van der Waals surface area contributed by atoms with Crippen LogP contribution >= 0.6 is 11.6 Å². The number of carbonyl (C=O) groups is 1. The molecule has 0 saturated carbocycles. The second-order valence-corrected chi connectivity index (χ2v) is 9.04. The lowest BCUT2D eigenvalue weighted by Crippen LogP contribution is -2.49. The molecule has 6 heteroatoms. The molecule has 1 N–H and O–H groups in total. The zero-order valence-corrected chi connectivity index (χ0v) is 19.4. The van der Waals surface area contributed by atoms with Gasteiger partial charge in [0.05, 0.1) is 22.0 Å². The zero-order valence-electron chi connectivity index (χ0n) is 18.7. The van der Waals surface area contributed by atoms with Crippen LogP contribution in [0.1, 0.15) is 28.5 Å². The van der Waals surface area contributed by atoms with Crippen molar-refractivity contribution < 1.29 is 4.79 Å². The van der Waals surface area contributed by atoms with Crippen molar-refractivity contribution in [1.29, 1.82) is 0 Å². The van der Waals surface area contributed by atoms with Gasteiger partial charge in [0.25, 0.3) is 5.91 Å². The number of carbonyl (C=O) groups excluding carboxylic acids is 1. The molecule has 1 unspecified atom stereocenters. The Kier molecular flexibility index (Phi) is 6.51. The van der Waals surface area contributed by atoms with Gasteiger partial charge in [0, 0.05) is 32.7 Å². The molecule has 0 radical (unpaired) electrons. The Morgan fingerprint density at radius 1 is 0.788 bits per heavy atom. The average molecular weight is 461 g/mol. The molecule has 0 aliphatic carbocycles. The van der Waals surface area contributed by atoms with Crippen LogP contribution in [0.3, 0.4) is 0 Å². The van der Waals surface area contributed by atoms with E-state index >= 15 is 0 Å². The van der Waals surface area contributed by atoms with Gasteiger partial charge in [0.1, 0.15) is 6.17 Å². The van der Waals surface area contributed by atoms with E-state index in [0.717, 1.165) is 73.2 Å². The molecule has 1 amide bonds. The molecule has 1 atom stereocenters. The SMILES string of the molecule is O=C1NC(c2ccccc2)N(CCCN2CCN(c3ccccc3Cl)CC2)c2ccccc21. The Labute approximate surface area is 200 Å². The maximum Gasteiger partial charge on any atom is 0.255 e. The van der Waals surface area contributed by atoms with Crippen molar-refractivity contribution in [3.8, 4) is 0 Å². The first-order chi connectivity index (χ1) is 16.2. The van der Waals surface area contributed by atoms with E-state index in [2.05, 4.69) is 44.3 Å². The summed E-state index contributed by atoms with van der Waals surface area (Å²) in [4.78, 5) is 20.0. The van der Waals surface area contributed by atoms with Crippen molar-refractivity contribution in [3.05, 3.63) is 95.0 Å². The van der Waals surface area contributed by atoms with Gasteiger partial charge in [-0.1, -0.05) is 66.2 Å². The second kappa shape index (κ2) is 9.86. The minimum Gasteiger partial charge on any atom is -0.368 e. The van der Waals surface area contributed by atoms with Crippen LogP contribution in [0.25, 0.3) is 0 Å². The maximum absolute atomic E-state index is 12.7. The summed E-state index contributed by atoms with van der Waals surface area (Å²) < 4.78 is 0. The monoisotopic (exact) mass is 460 g/mol. The lowest BCUT2D eigenvalue weighted by molar-refractivity contribution is 0.0926. The number of nitrogens with zero attached hydrogens (tertiary/aromatic N) is 3. The Morgan fingerprint density at radius 2 is 1.45 bits per heavy atom. The molecule has 5 rings (SSSR count). The third kappa shape index (κ3) is 4.70. The first kappa shape index (κ1) is 21.8. The fourth-order valence-corrected chi connectivity index (χ4v) is 5.12. The Morgan fingerprint density at radius 3 is 2.21 bits per heavy atom. The summed E-state index contributed by atoms with van der Waals surface area (Å²) >= 11 is 6.39.